The van der Waals surface area contributed by atoms with Gasteiger partial charge >= 0.3 is 0 Å². The van der Waals surface area contributed by atoms with E-state index in [1.165, 1.54) is 0 Å². The van der Waals surface area contributed by atoms with Gasteiger partial charge in [-0.3, -0.25) is 9.00 Å². The molecule has 0 saturated heterocycles. The predicted octanol–water partition coefficient (Wildman–Crippen LogP) is 1.43. The van der Waals surface area contributed by atoms with Crippen LogP contribution in [0, 0.1) is 0 Å². The van der Waals surface area contributed by atoms with E-state index in [1.807, 2.05) is 27.7 Å². The van der Waals surface area contributed by atoms with Crippen LogP contribution in [0.1, 0.15) is 47.5 Å². The Hall–Kier alpha value is -0.420. The predicted molar refractivity (Wildman–Crippen MR) is 78.1 cm³/mol. The quantitative estimate of drug-likeness (QED) is 0.705. The van der Waals surface area contributed by atoms with Crippen LogP contribution in [0.2, 0.25) is 0 Å². The van der Waals surface area contributed by atoms with Crippen molar-refractivity contribution < 1.29 is 9.00 Å². The fraction of sp³-hybridized carbons (Fsp3) is 0.923. The summed E-state index contributed by atoms with van der Waals surface area (Å²) >= 11 is 0. The third-order valence-corrected chi connectivity index (χ3v) is 3.92. The summed E-state index contributed by atoms with van der Waals surface area (Å²) in [6, 6.07) is -0.0319. The second-order valence-corrected chi connectivity index (χ2v) is 7.14. The highest BCUT2D eigenvalue weighted by Gasteiger charge is 2.22. The van der Waals surface area contributed by atoms with Crippen molar-refractivity contribution in [1.82, 2.24) is 10.6 Å². The maximum absolute atomic E-state index is 12.0. The normalized spacial score (nSPS) is 17.0. The molecule has 0 radical (unpaired) electrons. The maximum atomic E-state index is 12.0. The zero-order valence-corrected chi connectivity index (χ0v) is 13.3. The van der Waals surface area contributed by atoms with E-state index in [9.17, 15) is 9.00 Å². The van der Waals surface area contributed by atoms with Crippen molar-refractivity contribution in [3.63, 3.8) is 0 Å². The number of hydrogen-bond donors (Lipinski definition) is 2. The lowest BCUT2D eigenvalue weighted by molar-refractivity contribution is -0.124. The summed E-state index contributed by atoms with van der Waals surface area (Å²) < 4.78 is 11.0. The lowest BCUT2D eigenvalue weighted by Gasteiger charge is -2.28. The molecular formula is C13H28N2O2S. The molecule has 3 unspecified atom stereocenters. The van der Waals surface area contributed by atoms with Crippen molar-refractivity contribution in [2.75, 3.05) is 12.0 Å². The second kappa shape index (κ2) is 7.89. The van der Waals surface area contributed by atoms with E-state index in [1.54, 1.807) is 6.26 Å². The highest BCUT2D eigenvalue weighted by atomic mass is 32.2. The average Bonchev–Trinajstić information content (AvgIpc) is 2.25. The molecule has 0 aliphatic heterocycles. The van der Waals surface area contributed by atoms with Gasteiger partial charge in [-0.25, -0.2) is 0 Å². The van der Waals surface area contributed by atoms with Crippen LogP contribution in [-0.2, 0) is 15.6 Å². The van der Waals surface area contributed by atoms with Crippen LogP contribution in [0.25, 0.3) is 0 Å². The molecule has 0 aromatic carbocycles. The Morgan fingerprint density at radius 2 is 1.89 bits per heavy atom. The van der Waals surface area contributed by atoms with E-state index in [0.29, 0.717) is 5.75 Å². The van der Waals surface area contributed by atoms with E-state index >= 15 is 0 Å². The largest absolute Gasteiger partial charge is 0.350 e. The third kappa shape index (κ3) is 7.82. The Bertz CT molecular complexity index is 293. The third-order valence-electron chi connectivity index (χ3n) is 3.11. The Labute approximate surface area is 114 Å². The van der Waals surface area contributed by atoms with Crippen molar-refractivity contribution in [1.29, 1.82) is 0 Å². The molecule has 5 heteroatoms. The van der Waals surface area contributed by atoms with E-state index in [4.69, 9.17) is 0 Å². The van der Waals surface area contributed by atoms with Crippen LogP contribution in [0.4, 0.5) is 0 Å². The summed E-state index contributed by atoms with van der Waals surface area (Å²) in [4.78, 5) is 12.0. The number of rotatable bonds is 8. The van der Waals surface area contributed by atoms with Crippen LogP contribution in [-0.4, -0.2) is 39.7 Å². The molecule has 0 fully saturated rings. The minimum atomic E-state index is -0.770. The molecule has 2 N–H and O–H groups in total. The van der Waals surface area contributed by atoms with Gasteiger partial charge in [-0.1, -0.05) is 6.92 Å². The van der Waals surface area contributed by atoms with Crippen molar-refractivity contribution in [3.8, 4) is 0 Å². The molecule has 0 aromatic heterocycles. The molecule has 0 rings (SSSR count). The SMILES string of the molecule is CCC(C)(C)NC(=O)C(C)NC(C)CCS(C)=O. The number of amides is 1. The topological polar surface area (TPSA) is 58.2 Å². The first kappa shape index (κ1) is 17.6. The van der Waals surface area contributed by atoms with Gasteiger partial charge in [0.25, 0.3) is 0 Å². The van der Waals surface area contributed by atoms with Gasteiger partial charge in [0.1, 0.15) is 0 Å². The Balaban J connectivity index is 4.11. The van der Waals surface area contributed by atoms with E-state index in [2.05, 4.69) is 17.6 Å². The lowest BCUT2D eigenvalue weighted by Crippen LogP contribution is -2.52. The minimum Gasteiger partial charge on any atom is -0.350 e. The summed E-state index contributed by atoms with van der Waals surface area (Å²) in [5.74, 6) is 0.689. The van der Waals surface area contributed by atoms with Crippen LogP contribution < -0.4 is 10.6 Å². The highest BCUT2D eigenvalue weighted by Crippen LogP contribution is 2.07. The summed E-state index contributed by atoms with van der Waals surface area (Å²) in [5, 5.41) is 6.25. The first-order valence-electron chi connectivity index (χ1n) is 6.56. The monoisotopic (exact) mass is 276 g/mol. The Morgan fingerprint density at radius 3 is 2.33 bits per heavy atom. The van der Waals surface area contributed by atoms with Gasteiger partial charge in [-0.15, -0.1) is 0 Å². The highest BCUT2D eigenvalue weighted by molar-refractivity contribution is 7.84. The fourth-order valence-corrected chi connectivity index (χ4v) is 2.14. The molecule has 0 spiro atoms. The van der Waals surface area contributed by atoms with Crippen molar-refractivity contribution in [2.45, 2.75) is 65.1 Å². The van der Waals surface area contributed by atoms with Crippen LogP contribution in [0.15, 0.2) is 0 Å². The molecule has 0 heterocycles. The first-order valence-corrected chi connectivity index (χ1v) is 8.28. The average molecular weight is 276 g/mol. The van der Waals surface area contributed by atoms with Gasteiger partial charge in [-0.2, -0.15) is 0 Å². The molecule has 0 aliphatic carbocycles. The molecule has 4 nitrogen and oxygen atoms in total. The standard InChI is InChI=1S/C13H28N2O2S/c1-7-13(4,5)15-12(16)11(3)14-10(2)8-9-18(6)17/h10-11,14H,7-9H2,1-6H3,(H,15,16). The molecule has 3 atom stereocenters. The van der Waals surface area contributed by atoms with Crippen molar-refractivity contribution >= 4 is 16.7 Å². The summed E-state index contributed by atoms with van der Waals surface area (Å²) in [6.45, 7) is 9.96. The lowest BCUT2D eigenvalue weighted by atomic mass is 10.0. The summed E-state index contributed by atoms with van der Waals surface area (Å²) in [6.07, 6.45) is 3.42. The maximum Gasteiger partial charge on any atom is 0.237 e. The molecule has 18 heavy (non-hydrogen) atoms. The van der Waals surface area contributed by atoms with Gasteiger partial charge in [0, 0.05) is 34.4 Å². The minimum absolute atomic E-state index is 0.0197. The van der Waals surface area contributed by atoms with E-state index < -0.39 is 10.8 Å². The molecule has 0 aliphatic rings. The Morgan fingerprint density at radius 1 is 1.33 bits per heavy atom. The molecule has 0 saturated carbocycles. The number of hydrogen-bond acceptors (Lipinski definition) is 3. The van der Waals surface area contributed by atoms with Gasteiger partial charge < -0.3 is 10.6 Å². The van der Waals surface area contributed by atoms with Crippen molar-refractivity contribution in [3.05, 3.63) is 0 Å². The van der Waals surface area contributed by atoms with Crippen LogP contribution >= 0.6 is 0 Å². The summed E-state index contributed by atoms with van der Waals surface area (Å²) in [7, 11) is -0.770. The van der Waals surface area contributed by atoms with Gasteiger partial charge in [0.05, 0.1) is 6.04 Å². The van der Waals surface area contributed by atoms with Crippen molar-refractivity contribution in [2.24, 2.45) is 0 Å². The molecule has 0 aromatic rings. The second-order valence-electron chi connectivity index (χ2n) is 5.58. The van der Waals surface area contributed by atoms with Gasteiger partial charge in [0.2, 0.25) is 5.91 Å². The van der Waals surface area contributed by atoms with E-state index in [-0.39, 0.29) is 23.5 Å². The van der Waals surface area contributed by atoms with Gasteiger partial charge in [-0.05, 0) is 40.5 Å². The van der Waals surface area contributed by atoms with Crippen LogP contribution in [0.3, 0.4) is 0 Å². The molecular weight excluding hydrogens is 248 g/mol. The number of nitrogens with one attached hydrogen (secondary N) is 2. The Kier molecular flexibility index (Phi) is 7.71. The van der Waals surface area contributed by atoms with E-state index in [0.717, 1.165) is 12.8 Å². The molecule has 1 amide bonds. The zero-order valence-electron chi connectivity index (χ0n) is 12.5. The molecule has 108 valence electrons. The summed E-state index contributed by atoms with van der Waals surface area (Å²) in [5.41, 5.74) is -0.165. The van der Waals surface area contributed by atoms with Gasteiger partial charge in [0.15, 0.2) is 0 Å². The number of carbonyl (C=O) groups is 1. The molecule has 0 bridgehead atoms. The smallest absolute Gasteiger partial charge is 0.237 e. The first-order chi connectivity index (χ1) is 8.18. The zero-order chi connectivity index (χ0) is 14.3. The van der Waals surface area contributed by atoms with Crippen LogP contribution in [0.5, 0.6) is 0 Å². The number of carbonyl (C=O) groups excluding carboxylic acids is 1. The fourth-order valence-electron chi connectivity index (χ4n) is 1.46.